The summed E-state index contributed by atoms with van der Waals surface area (Å²) >= 11 is 13.6. The number of carbonyl (C=O) groups is 2. The third-order valence-corrected chi connectivity index (χ3v) is 13.5. The lowest BCUT2D eigenvalue weighted by Gasteiger charge is -2.34. The fourth-order valence-corrected chi connectivity index (χ4v) is 9.88. The Kier molecular flexibility index (Phi) is 9.98. The van der Waals surface area contributed by atoms with Crippen molar-refractivity contribution in [3.8, 4) is 16.9 Å². The smallest absolute Gasteiger partial charge is 0.335 e. The van der Waals surface area contributed by atoms with Gasteiger partial charge < -0.3 is 28.4 Å². The van der Waals surface area contributed by atoms with E-state index in [1.54, 1.807) is 12.1 Å². The Morgan fingerprint density at radius 1 is 1.02 bits per heavy atom. The molecule has 0 spiro atoms. The number of hydrogen-bond donors (Lipinski definition) is 1. The van der Waals surface area contributed by atoms with Gasteiger partial charge in [-0.2, -0.15) is 5.10 Å². The van der Waals surface area contributed by atoms with Crippen LogP contribution < -0.4 is 9.64 Å². The second-order valence-corrected chi connectivity index (χ2v) is 17.6. The topological polar surface area (TPSA) is 94.5 Å². The molecule has 5 heterocycles. The molecule has 298 valence electrons. The zero-order valence-electron chi connectivity index (χ0n) is 34.0. The summed E-state index contributed by atoms with van der Waals surface area (Å²) in [6.07, 6.45) is 5.60. The normalized spacial score (nSPS) is 17.9. The van der Waals surface area contributed by atoms with Crippen LogP contribution in [0.5, 0.6) is 5.75 Å². The van der Waals surface area contributed by atoms with Crippen LogP contribution in [0.15, 0.2) is 48.7 Å². The number of nitrogens with zero attached hydrogens (tertiary/aromatic N) is 6. The predicted octanol–water partition coefficient (Wildman–Crippen LogP) is 9.71. The second kappa shape index (κ2) is 14.6. The minimum atomic E-state index is -0.999. The summed E-state index contributed by atoms with van der Waals surface area (Å²) < 4.78 is 13.5. The molecule has 2 aliphatic rings. The lowest BCUT2D eigenvalue weighted by Crippen LogP contribution is -2.45. The summed E-state index contributed by atoms with van der Waals surface area (Å²) in [6, 6.07) is 13.4. The van der Waals surface area contributed by atoms with Crippen molar-refractivity contribution in [2.75, 3.05) is 38.7 Å². The van der Waals surface area contributed by atoms with E-state index in [1.165, 1.54) is 0 Å². The Hall–Kier alpha value is -4.77. The number of aryl methyl sites for hydroxylation is 5. The van der Waals surface area contributed by atoms with Gasteiger partial charge in [-0.05, 0) is 101 Å². The molecule has 1 fully saturated rings. The molecular weight excluding hydrogens is 759 g/mol. The van der Waals surface area contributed by atoms with E-state index in [4.69, 9.17) is 33.0 Å². The fourth-order valence-electron chi connectivity index (χ4n) is 9.52. The van der Waals surface area contributed by atoms with Crippen LogP contribution in [0, 0.1) is 27.7 Å². The number of fused-ring (bicyclic) bond motifs is 4. The standard InChI is InChI=1S/C45H50Cl2N6O4/c1-25-19-32(20-26(2)41(25)47)57-18-10-12-33-34-14-15-36(46)40(39-28(4)48-49(6)29(39)5)42(34)52-27(3)22-51(44(54)43(33)52)38-24-50(23-31-11-9-17-53(31,7)8)37-16-13-30(45(55)56)21-35(37)38/h13-16,19-21,24,27,31H,9-12,17-18,22-23H2,1-8H3/p+1/t27-,31?/m1/s1. The van der Waals surface area contributed by atoms with E-state index in [1.807, 2.05) is 74.7 Å². The summed E-state index contributed by atoms with van der Waals surface area (Å²) in [6.45, 7) is 12.9. The summed E-state index contributed by atoms with van der Waals surface area (Å²) in [7, 11) is 6.49. The first-order valence-electron chi connectivity index (χ1n) is 19.8. The van der Waals surface area contributed by atoms with Crippen molar-refractivity contribution in [1.82, 2.24) is 18.9 Å². The zero-order chi connectivity index (χ0) is 40.7. The highest BCUT2D eigenvalue weighted by molar-refractivity contribution is 6.35. The van der Waals surface area contributed by atoms with Crippen molar-refractivity contribution in [3.63, 3.8) is 0 Å². The van der Waals surface area contributed by atoms with E-state index >= 15 is 4.79 Å². The first kappa shape index (κ1) is 39.1. The van der Waals surface area contributed by atoms with Crippen LogP contribution in [0.3, 0.4) is 0 Å². The number of hydrogen-bond acceptors (Lipinski definition) is 4. The molecule has 3 aromatic carbocycles. The molecule has 2 atom stereocenters. The number of aromatic nitrogens is 4. The summed E-state index contributed by atoms with van der Waals surface area (Å²) in [5.41, 5.74) is 9.96. The zero-order valence-corrected chi connectivity index (χ0v) is 35.6. The van der Waals surface area contributed by atoms with Gasteiger partial charge in [0.15, 0.2) is 0 Å². The number of carbonyl (C=O) groups excluding carboxylic acids is 1. The van der Waals surface area contributed by atoms with Crippen molar-refractivity contribution >= 4 is 62.6 Å². The van der Waals surface area contributed by atoms with Crippen LogP contribution in [0.25, 0.3) is 32.9 Å². The number of halogens is 2. The van der Waals surface area contributed by atoms with Gasteiger partial charge in [0.05, 0.1) is 66.8 Å². The van der Waals surface area contributed by atoms with Crippen molar-refractivity contribution in [3.05, 3.63) is 98.0 Å². The number of rotatable bonds is 10. The third-order valence-electron chi connectivity index (χ3n) is 12.6. The molecular formula is C45H51Cl2N6O4+. The maximum atomic E-state index is 15.4. The largest absolute Gasteiger partial charge is 0.494 e. The Balaban J connectivity index is 1.27. The van der Waals surface area contributed by atoms with Gasteiger partial charge in [0, 0.05) is 71.3 Å². The lowest BCUT2D eigenvalue weighted by molar-refractivity contribution is -0.902. The van der Waals surface area contributed by atoms with Gasteiger partial charge in [-0.3, -0.25) is 9.48 Å². The van der Waals surface area contributed by atoms with E-state index in [9.17, 15) is 9.90 Å². The van der Waals surface area contributed by atoms with Gasteiger partial charge >= 0.3 is 5.97 Å². The first-order chi connectivity index (χ1) is 27.1. The molecule has 0 bridgehead atoms. The number of likely N-dealkylation sites (N-methyl/N-ethyl adjacent to an activating group) is 1. The quantitative estimate of drug-likeness (QED) is 0.110. The van der Waals surface area contributed by atoms with E-state index < -0.39 is 5.97 Å². The molecule has 3 aromatic heterocycles. The second-order valence-electron chi connectivity index (χ2n) is 16.8. The Bertz CT molecular complexity index is 2590. The Morgan fingerprint density at radius 3 is 2.40 bits per heavy atom. The molecule has 1 N–H and O–H groups in total. The summed E-state index contributed by atoms with van der Waals surface area (Å²) in [5, 5.41) is 17.9. The molecule has 0 radical (unpaired) electrons. The molecule has 10 nitrogen and oxygen atoms in total. The van der Waals surface area contributed by atoms with Gasteiger partial charge in [0.25, 0.3) is 5.91 Å². The monoisotopic (exact) mass is 809 g/mol. The third kappa shape index (κ3) is 6.59. The number of amides is 1. The lowest BCUT2D eigenvalue weighted by atomic mass is 9.98. The molecule has 1 amide bonds. The van der Waals surface area contributed by atoms with Crippen LogP contribution in [0.2, 0.25) is 10.0 Å². The molecule has 57 heavy (non-hydrogen) atoms. The average Bonchev–Trinajstić information content (AvgIpc) is 3.87. The van der Waals surface area contributed by atoms with Crippen molar-refractivity contribution in [1.29, 1.82) is 0 Å². The van der Waals surface area contributed by atoms with E-state index in [0.717, 1.165) is 108 Å². The first-order valence-corrected chi connectivity index (χ1v) is 20.6. The summed E-state index contributed by atoms with van der Waals surface area (Å²) in [4.78, 5) is 29.6. The van der Waals surface area contributed by atoms with Crippen LogP contribution in [-0.4, -0.2) is 80.2 Å². The molecule has 0 aliphatic carbocycles. The highest BCUT2D eigenvalue weighted by Gasteiger charge is 2.39. The number of carboxylic acid groups (broad SMARTS) is 1. The number of aromatic carboxylic acids is 1. The van der Waals surface area contributed by atoms with Gasteiger partial charge in [-0.1, -0.05) is 29.3 Å². The van der Waals surface area contributed by atoms with E-state index in [0.29, 0.717) is 42.8 Å². The fraction of sp³-hybridized carbons (Fsp3) is 0.400. The number of likely N-dealkylation sites (tertiary alicyclic amines) is 1. The SMILES string of the molecule is Cc1cc(OCCCc2c3n(c4c(-c5c(C)nn(C)c5C)c(Cl)ccc24)[C@H](C)CN(c2cn(CC4CCC[N+]4(C)C)c4ccc(C(=O)O)cc24)C3=O)cc(C)c1Cl. The van der Waals surface area contributed by atoms with Crippen LogP contribution >= 0.6 is 23.2 Å². The molecule has 0 saturated carbocycles. The van der Waals surface area contributed by atoms with E-state index in [2.05, 4.69) is 36.4 Å². The minimum Gasteiger partial charge on any atom is -0.494 e. The van der Waals surface area contributed by atoms with Crippen LogP contribution in [0.4, 0.5) is 5.69 Å². The van der Waals surface area contributed by atoms with Crippen molar-refractivity contribution < 1.29 is 23.9 Å². The van der Waals surface area contributed by atoms with Crippen molar-refractivity contribution in [2.45, 2.75) is 78.9 Å². The molecule has 2 aliphatic heterocycles. The summed E-state index contributed by atoms with van der Waals surface area (Å²) in [5.74, 6) is -0.355. The van der Waals surface area contributed by atoms with Gasteiger partial charge in [0.2, 0.25) is 0 Å². The average molecular weight is 811 g/mol. The number of quaternary nitrogens is 1. The maximum absolute atomic E-state index is 15.4. The number of anilines is 1. The van der Waals surface area contributed by atoms with Gasteiger partial charge in [-0.15, -0.1) is 0 Å². The number of ether oxygens (including phenoxy) is 1. The molecule has 1 saturated heterocycles. The highest BCUT2D eigenvalue weighted by atomic mass is 35.5. The van der Waals surface area contributed by atoms with Gasteiger partial charge in [0.1, 0.15) is 17.5 Å². The number of carboxylic acids is 1. The van der Waals surface area contributed by atoms with E-state index in [-0.39, 0.29) is 17.5 Å². The maximum Gasteiger partial charge on any atom is 0.335 e. The predicted molar refractivity (Wildman–Crippen MR) is 229 cm³/mol. The Morgan fingerprint density at radius 2 is 1.75 bits per heavy atom. The molecule has 1 unspecified atom stereocenters. The van der Waals surface area contributed by atoms with Gasteiger partial charge in [-0.25, -0.2) is 4.79 Å². The van der Waals surface area contributed by atoms with Crippen LogP contribution in [-0.2, 0) is 20.0 Å². The van der Waals surface area contributed by atoms with Crippen molar-refractivity contribution in [2.24, 2.45) is 7.05 Å². The van der Waals surface area contributed by atoms with Crippen LogP contribution in [0.1, 0.15) is 81.2 Å². The molecule has 12 heteroatoms. The number of benzene rings is 3. The molecule has 6 aromatic rings. The minimum absolute atomic E-state index is 0.123. The highest BCUT2D eigenvalue weighted by Crippen LogP contribution is 2.46. The molecule has 8 rings (SSSR count). The Labute approximate surface area is 343 Å².